The highest BCUT2D eigenvalue weighted by atomic mass is 32.2. The second-order valence-corrected chi connectivity index (χ2v) is 6.93. The summed E-state index contributed by atoms with van der Waals surface area (Å²) in [6, 6.07) is 12.9. The lowest BCUT2D eigenvalue weighted by Gasteiger charge is -2.11. The number of thioether (sulfide) groups is 1. The molecule has 25 heavy (non-hydrogen) atoms. The highest BCUT2D eigenvalue weighted by Gasteiger charge is 2.44. The lowest BCUT2D eigenvalue weighted by molar-refractivity contribution is 0.909. The van der Waals surface area contributed by atoms with Crippen LogP contribution in [0.15, 0.2) is 54.2 Å². The number of hydrogen-bond acceptors (Lipinski definition) is 5. The quantitative estimate of drug-likeness (QED) is 0.552. The van der Waals surface area contributed by atoms with Crippen LogP contribution in [0.1, 0.15) is 25.3 Å². The van der Waals surface area contributed by atoms with Crippen molar-refractivity contribution in [2.75, 3.05) is 11.1 Å². The van der Waals surface area contributed by atoms with Gasteiger partial charge in [-0.05, 0) is 48.7 Å². The van der Waals surface area contributed by atoms with Gasteiger partial charge in [-0.2, -0.15) is 5.26 Å². The third-order valence-corrected chi connectivity index (χ3v) is 5.04. The third kappa shape index (κ3) is 4.09. The molecule has 1 aliphatic carbocycles. The highest BCUT2D eigenvalue weighted by Crippen LogP contribution is 2.47. The van der Waals surface area contributed by atoms with E-state index in [1.807, 2.05) is 6.20 Å². The Kier molecular flexibility index (Phi) is 6.37. The summed E-state index contributed by atoms with van der Waals surface area (Å²) in [6.07, 6.45) is 5.47. The number of hydrogen-bond donors (Lipinski definition) is 2. The van der Waals surface area contributed by atoms with Gasteiger partial charge in [-0.15, -0.1) is 11.8 Å². The largest absolute Gasteiger partial charge is 0.346 e. The standard InChI is InChI=1S/C19H19N3S.CH3N/c1-3-21-18-17(23-4-2)11-15(12-22-18)14-5-7-16(8-6-14)19(13-20)9-10-19;1-2/h3,5-8,11-12H,1,4,9-10H2,2H3,(H,21,22);2H,1H2. The van der Waals surface area contributed by atoms with Crippen molar-refractivity contribution in [1.82, 2.24) is 4.98 Å². The first-order valence-electron chi connectivity index (χ1n) is 8.10. The first-order chi connectivity index (χ1) is 12.2. The Hall–Kier alpha value is -2.58. The topological polar surface area (TPSA) is 72.6 Å². The van der Waals surface area contributed by atoms with Crippen molar-refractivity contribution in [1.29, 1.82) is 10.7 Å². The summed E-state index contributed by atoms with van der Waals surface area (Å²) in [5.41, 5.74) is 3.12. The molecule has 0 unspecified atom stereocenters. The monoisotopic (exact) mass is 350 g/mol. The Labute approximate surface area is 153 Å². The molecule has 128 valence electrons. The zero-order valence-corrected chi connectivity index (χ0v) is 15.2. The number of aromatic nitrogens is 1. The van der Waals surface area contributed by atoms with Gasteiger partial charge in [0.1, 0.15) is 5.82 Å². The number of nitriles is 1. The van der Waals surface area contributed by atoms with E-state index >= 15 is 0 Å². The fraction of sp³-hybridized carbons (Fsp3) is 0.250. The van der Waals surface area contributed by atoms with Crippen LogP contribution < -0.4 is 5.32 Å². The minimum atomic E-state index is -0.224. The van der Waals surface area contributed by atoms with Crippen LogP contribution in [0.3, 0.4) is 0 Å². The third-order valence-electron chi connectivity index (χ3n) is 4.13. The maximum Gasteiger partial charge on any atom is 0.143 e. The predicted molar refractivity (Wildman–Crippen MR) is 106 cm³/mol. The van der Waals surface area contributed by atoms with Crippen molar-refractivity contribution in [3.8, 4) is 17.2 Å². The number of rotatable bonds is 6. The predicted octanol–water partition coefficient (Wildman–Crippen LogP) is 5.24. The van der Waals surface area contributed by atoms with E-state index in [-0.39, 0.29) is 5.41 Å². The van der Waals surface area contributed by atoms with Crippen LogP contribution in [-0.4, -0.2) is 17.5 Å². The van der Waals surface area contributed by atoms with Gasteiger partial charge in [-0.25, -0.2) is 4.98 Å². The Morgan fingerprint density at radius 3 is 2.52 bits per heavy atom. The summed E-state index contributed by atoms with van der Waals surface area (Å²) in [7, 11) is 0. The maximum absolute atomic E-state index is 9.30. The van der Waals surface area contributed by atoms with Gasteiger partial charge in [0.15, 0.2) is 0 Å². The number of nitrogens with one attached hydrogen (secondary N) is 2. The maximum atomic E-state index is 9.30. The number of anilines is 1. The van der Waals surface area contributed by atoms with E-state index in [0.717, 1.165) is 46.0 Å². The van der Waals surface area contributed by atoms with E-state index in [0.29, 0.717) is 0 Å². The minimum Gasteiger partial charge on any atom is -0.346 e. The summed E-state index contributed by atoms with van der Waals surface area (Å²) in [5.74, 6) is 1.83. The number of benzene rings is 1. The van der Waals surface area contributed by atoms with Crippen molar-refractivity contribution >= 4 is 24.3 Å². The second kappa shape index (κ2) is 8.50. The highest BCUT2D eigenvalue weighted by molar-refractivity contribution is 7.99. The van der Waals surface area contributed by atoms with Crippen LogP contribution in [0.25, 0.3) is 11.1 Å². The van der Waals surface area contributed by atoms with E-state index in [1.165, 1.54) is 0 Å². The molecule has 4 nitrogen and oxygen atoms in total. The van der Waals surface area contributed by atoms with E-state index in [4.69, 9.17) is 5.41 Å². The van der Waals surface area contributed by atoms with Crippen LogP contribution in [-0.2, 0) is 5.41 Å². The smallest absolute Gasteiger partial charge is 0.143 e. The fourth-order valence-corrected chi connectivity index (χ4v) is 3.41. The van der Waals surface area contributed by atoms with E-state index in [1.54, 1.807) is 18.0 Å². The molecular weight excluding hydrogens is 328 g/mol. The van der Waals surface area contributed by atoms with Crippen LogP contribution in [0.2, 0.25) is 0 Å². The van der Waals surface area contributed by atoms with Crippen LogP contribution >= 0.6 is 11.8 Å². The normalized spacial score (nSPS) is 13.8. The van der Waals surface area contributed by atoms with Crippen molar-refractivity contribution in [2.24, 2.45) is 0 Å². The summed E-state index contributed by atoms with van der Waals surface area (Å²) in [4.78, 5) is 5.62. The van der Waals surface area contributed by atoms with E-state index in [2.05, 4.69) is 66.9 Å². The molecule has 0 atom stereocenters. The van der Waals surface area contributed by atoms with Gasteiger partial charge in [-0.1, -0.05) is 37.8 Å². The van der Waals surface area contributed by atoms with Crippen LogP contribution in [0.5, 0.6) is 0 Å². The fourth-order valence-electron chi connectivity index (χ4n) is 2.64. The molecule has 5 heteroatoms. The lowest BCUT2D eigenvalue weighted by atomic mass is 9.95. The summed E-state index contributed by atoms with van der Waals surface area (Å²) in [6.45, 7) is 8.32. The summed E-state index contributed by atoms with van der Waals surface area (Å²) >= 11 is 1.76. The van der Waals surface area contributed by atoms with Crippen LogP contribution in [0.4, 0.5) is 5.82 Å². The lowest BCUT2D eigenvalue weighted by Crippen LogP contribution is -2.01. The Morgan fingerprint density at radius 2 is 2.00 bits per heavy atom. The van der Waals surface area contributed by atoms with Crippen LogP contribution in [0, 0.1) is 16.7 Å². The molecule has 1 aromatic heterocycles. The molecule has 1 heterocycles. The molecule has 2 N–H and O–H groups in total. The Bertz CT molecular complexity index is 773. The number of nitrogens with zero attached hydrogens (tertiary/aromatic N) is 2. The van der Waals surface area contributed by atoms with Gasteiger partial charge in [0.25, 0.3) is 0 Å². The van der Waals surface area contributed by atoms with E-state index in [9.17, 15) is 5.26 Å². The summed E-state index contributed by atoms with van der Waals surface area (Å²) in [5, 5.41) is 17.9. The average Bonchev–Trinajstić information content (AvgIpc) is 3.47. The zero-order valence-electron chi connectivity index (χ0n) is 14.4. The second-order valence-electron chi connectivity index (χ2n) is 5.62. The van der Waals surface area contributed by atoms with Crippen molar-refractivity contribution < 1.29 is 0 Å². The molecule has 0 amide bonds. The molecule has 1 aromatic carbocycles. The molecule has 0 spiro atoms. The average molecular weight is 350 g/mol. The molecular formula is C20H22N4S. The molecule has 0 saturated heterocycles. The van der Waals surface area contributed by atoms with Crippen molar-refractivity contribution in [2.45, 2.75) is 30.1 Å². The van der Waals surface area contributed by atoms with Gasteiger partial charge in [0.2, 0.25) is 0 Å². The molecule has 2 aromatic rings. The van der Waals surface area contributed by atoms with Gasteiger partial charge in [-0.3, -0.25) is 0 Å². The first kappa shape index (κ1) is 18.8. The molecule has 0 bridgehead atoms. The molecule has 0 radical (unpaired) electrons. The molecule has 1 fully saturated rings. The molecule has 1 saturated carbocycles. The zero-order chi connectivity index (χ0) is 18.3. The van der Waals surface area contributed by atoms with Crippen molar-refractivity contribution in [3.63, 3.8) is 0 Å². The Balaban J connectivity index is 0.00000109. The van der Waals surface area contributed by atoms with E-state index < -0.39 is 0 Å². The number of pyridine rings is 1. The summed E-state index contributed by atoms with van der Waals surface area (Å²) < 4.78 is 0. The SMILES string of the molecule is C=CNc1ncc(-c2ccc(C3(C#N)CC3)cc2)cc1SCC.C=N. The molecule has 3 rings (SSSR count). The minimum absolute atomic E-state index is 0.224. The van der Waals surface area contributed by atoms with Gasteiger partial charge in [0, 0.05) is 11.8 Å². The van der Waals surface area contributed by atoms with Crippen molar-refractivity contribution in [3.05, 3.63) is 54.9 Å². The first-order valence-corrected chi connectivity index (χ1v) is 9.09. The van der Waals surface area contributed by atoms with Gasteiger partial charge in [0.05, 0.1) is 16.4 Å². The Morgan fingerprint density at radius 1 is 1.32 bits per heavy atom. The molecule has 1 aliphatic rings. The molecule has 0 aliphatic heterocycles. The van der Waals surface area contributed by atoms with Gasteiger partial charge >= 0.3 is 0 Å². The van der Waals surface area contributed by atoms with Gasteiger partial charge < -0.3 is 10.7 Å².